The van der Waals surface area contributed by atoms with Gasteiger partial charge in [0, 0.05) is 24.2 Å². The molecule has 0 radical (unpaired) electrons. The predicted molar refractivity (Wildman–Crippen MR) is 86.2 cm³/mol. The third-order valence-corrected chi connectivity index (χ3v) is 4.66. The largest absolute Gasteiger partial charge is 0.311 e. The summed E-state index contributed by atoms with van der Waals surface area (Å²) in [5.74, 6) is -0.274. The second-order valence-electron chi connectivity index (χ2n) is 6.76. The van der Waals surface area contributed by atoms with E-state index in [4.69, 9.17) is 0 Å². The van der Waals surface area contributed by atoms with Gasteiger partial charge in [0.25, 0.3) is 0 Å². The quantitative estimate of drug-likeness (QED) is 0.887. The number of benzene rings is 1. The predicted octanol–water partition coefficient (Wildman–Crippen LogP) is 2.18. The summed E-state index contributed by atoms with van der Waals surface area (Å²) in [6.07, 6.45) is 1.49. The fourth-order valence-electron chi connectivity index (χ4n) is 3.74. The summed E-state index contributed by atoms with van der Waals surface area (Å²) in [5, 5.41) is 9.37. The number of amides is 2. The van der Waals surface area contributed by atoms with Crippen molar-refractivity contribution in [3.05, 3.63) is 41.3 Å². The van der Waals surface area contributed by atoms with Gasteiger partial charge in [-0.15, -0.1) is 0 Å². The lowest BCUT2D eigenvalue weighted by Crippen LogP contribution is -2.47. The highest BCUT2D eigenvalue weighted by molar-refractivity contribution is 6.15. The molecule has 1 atom stereocenters. The van der Waals surface area contributed by atoms with Crippen LogP contribution in [0.5, 0.6) is 0 Å². The van der Waals surface area contributed by atoms with Crippen LogP contribution in [0, 0.1) is 11.7 Å². The molecular weight excluding hydrogens is 311 g/mol. The molecule has 4 rings (SSSR count). The van der Waals surface area contributed by atoms with Crippen molar-refractivity contribution in [1.82, 2.24) is 10.2 Å². The van der Waals surface area contributed by atoms with Crippen molar-refractivity contribution in [2.45, 2.75) is 25.7 Å². The van der Waals surface area contributed by atoms with Crippen LogP contribution in [0.2, 0.25) is 0 Å². The standard InChI is InChI=1S/C17H17FN4O2/c1-9(2)8-22-13-4-3-10(18)5-11(13)17(16(22)24)6-14(23)20-15-12(17)7-19-21-15/h3-5,7,9H,6,8H2,1-2H3,(H2,19,20,21,23)/t17-/m0/s1. The van der Waals surface area contributed by atoms with Gasteiger partial charge in [0.1, 0.15) is 17.1 Å². The molecule has 0 saturated carbocycles. The molecule has 6 nitrogen and oxygen atoms in total. The van der Waals surface area contributed by atoms with Crippen LogP contribution >= 0.6 is 0 Å². The van der Waals surface area contributed by atoms with E-state index >= 15 is 0 Å². The number of hydrogen-bond donors (Lipinski definition) is 2. The number of rotatable bonds is 2. The zero-order valence-corrected chi connectivity index (χ0v) is 13.4. The van der Waals surface area contributed by atoms with Crippen LogP contribution in [0.4, 0.5) is 15.9 Å². The van der Waals surface area contributed by atoms with E-state index in [1.165, 1.54) is 12.1 Å². The van der Waals surface area contributed by atoms with Gasteiger partial charge in [0.05, 0.1) is 6.20 Å². The molecule has 2 N–H and O–H groups in total. The van der Waals surface area contributed by atoms with Gasteiger partial charge >= 0.3 is 0 Å². The Morgan fingerprint density at radius 2 is 2.12 bits per heavy atom. The lowest BCUT2D eigenvalue weighted by Gasteiger charge is -2.32. The number of hydrogen-bond acceptors (Lipinski definition) is 3. The fourth-order valence-corrected chi connectivity index (χ4v) is 3.74. The van der Waals surface area contributed by atoms with Crippen molar-refractivity contribution in [3.8, 4) is 0 Å². The molecule has 0 fully saturated rings. The molecular formula is C17H17FN4O2. The van der Waals surface area contributed by atoms with Crippen molar-refractivity contribution < 1.29 is 14.0 Å². The van der Waals surface area contributed by atoms with E-state index < -0.39 is 11.2 Å². The van der Waals surface area contributed by atoms with Crippen LogP contribution in [0.1, 0.15) is 31.4 Å². The molecule has 1 spiro atoms. The van der Waals surface area contributed by atoms with E-state index in [9.17, 15) is 14.0 Å². The van der Waals surface area contributed by atoms with Crippen molar-refractivity contribution in [2.24, 2.45) is 5.92 Å². The van der Waals surface area contributed by atoms with E-state index in [1.54, 1.807) is 17.2 Å². The first-order valence-corrected chi connectivity index (χ1v) is 7.89. The summed E-state index contributed by atoms with van der Waals surface area (Å²) < 4.78 is 14.0. The van der Waals surface area contributed by atoms with E-state index in [0.717, 1.165) is 0 Å². The Kier molecular flexibility index (Phi) is 3.03. The first-order valence-electron chi connectivity index (χ1n) is 7.89. The Bertz CT molecular complexity index is 860. The zero-order chi connectivity index (χ0) is 17.1. The molecule has 1 aromatic heterocycles. The SMILES string of the molecule is CC(C)CN1C(=O)[C@@]2(CC(=O)Nc3[nH]ncc32)c2cc(F)ccc21. The summed E-state index contributed by atoms with van der Waals surface area (Å²) in [7, 11) is 0. The monoisotopic (exact) mass is 328 g/mol. The van der Waals surface area contributed by atoms with Gasteiger partial charge < -0.3 is 10.2 Å². The molecule has 2 amide bonds. The Balaban J connectivity index is 1.99. The third-order valence-electron chi connectivity index (χ3n) is 4.66. The van der Waals surface area contributed by atoms with Gasteiger partial charge in [0.2, 0.25) is 11.8 Å². The number of carbonyl (C=O) groups excluding carboxylic acids is 2. The van der Waals surface area contributed by atoms with E-state index in [1.807, 2.05) is 13.8 Å². The van der Waals surface area contributed by atoms with Gasteiger partial charge in [-0.25, -0.2) is 4.39 Å². The Hall–Kier alpha value is -2.70. The molecule has 0 bridgehead atoms. The lowest BCUT2D eigenvalue weighted by atomic mass is 9.72. The average Bonchev–Trinajstić information content (AvgIpc) is 3.06. The van der Waals surface area contributed by atoms with Gasteiger partial charge in [0.15, 0.2) is 0 Å². The maximum Gasteiger partial charge on any atom is 0.242 e. The molecule has 0 saturated heterocycles. The number of fused-ring (bicyclic) bond motifs is 4. The maximum atomic E-state index is 14.0. The van der Waals surface area contributed by atoms with Crippen molar-refractivity contribution in [3.63, 3.8) is 0 Å². The second kappa shape index (κ2) is 4.90. The van der Waals surface area contributed by atoms with Gasteiger partial charge in [-0.1, -0.05) is 13.8 Å². The smallest absolute Gasteiger partial charge is 0.242 e. The van der Waals surface area contributed by atoms with Gasteiger partial charge in [-0.3, -0.25) is 14.7 Å². The first-order chi connectivity index (χ1) is 11.4. The summed E-state index contributed by atoms with van der Waals surface area (Å²) >= 11 is 0. The van der Waals surface area contributed by atoms with Crippen molar-refractivity contribution in [1.29, 1.82) is 0 Å². The minimum absolute atomic E-state index is 0.0522. The number of halogens is 1. The van der Waals surface area contributed by atoms with Crippen LogP contribution < -0.4 is 10.2 Å². The summed E-state index contributed by atoms with van der Waals surface area (Å²) in [6, 6.07) is 4.33. The Morgan fingerprint density at radius 3 is 2.88 bits per heavy atom. The van der Waals surface area contributed by atoms with Gasteiger partial charge in [-0.05, 0) is 29.7 Å². The number of anilines is 2. The third kappa shape index (κ3) is 1.84. The molecule has 3 heterocycles. The van der Waals surface area contributed by atoms with Crippen LogP contribution in [0.3, 0.4) is 0 Å². The van der Waals surface area contributed by atoms with Crippen LogP contribution in [-0.2, 0) is 15.0 Å². The molecule has 7 heteroatoms. The average molecular weight is 328 g/mol. The number of nitrogens with one attached hydrogen (secondary N) is 2. The van der Waals surface area contributed by atoms with Crippen LogP contribution in [-0.4, -0.2) is 28.6 Å². The number of aromatic amines is 1. The first kappa shape index (κ1) is 14.9. The molecule has 2 aliphatic heterocycles. The highest BCUT2D eigenvalue weighted by Crippen LogP contribution is 2.51. The van der Waals surface area contributed by atoms with E-state index in [-0.39, 0.29) is 24.2 Å². The number of nitrogens with zero attached hydrogens (tertiary/aromatic N) is 2. The molecule has 0 unspecified atom stereocenters. The topological polar surface area (TPSA) is 78.1 Å². The maximum absolute atomic E-state index is 14.0. The Morgan fingerprint density at radius 1 is 1.33 bits per heavy atom. The highest BCUT2D eigenvalue weighted by Gasteiger charge is 2.56. The number of carbonyl (C=O) groups is 2. The van der Waals surface area contributed by atoms with Crippen LogP contribution in [0.25, 0.3) is 0 Å². The highest BCUT2D eigenvalue weighted by atomic mass is 19.1. The van der Waals surface area contributed by atoms with Crippen molar-refractivity contribution in [2.75, 3.05) is 16.8 Å². The Labute approximate surface area is 138 Å². The molecule has 24 heavy (non-hydrogen) atoms. The summed E-state index contributed by atoms with van der Waals surface area (Å²) in [4.78, 5) is 27.3. The lowest BCUT2D eigenvalue weighted by molar-refractivity contribution is -0.126. The van der Waals surface area contributed by atoms with E-state index in [2.05, 4.69) is 15.5 Å². The van der Waals surface area contributed by atoms with Crippen LogP contribution in [0.15, 0.2) is 24.4 Å². The van der Waals surface area contributed by atoms with Gasteiger partial charge in [-0.2, -0.15) is 5.10 Å². The molecule has 0 aliphatic carbocycles. The zero-order valence-electron chi connectivity index (χ0n) is 13.4. The minimum Gasteiger partial charge on any atom is -0.311 e. The summed E-state index contributed by atoms with van der Waals surface area (Å²) in [5.41, 5.74) is 0.574. The molecule has 1 aromatic carbocycles. The minimum atomic E-state index is -1.21. The number of aromatic nitrogens is 2. The fraction of sp³-hybridized carbons (Fsp3) is 0.353. The molecule has 2 aliphatic rings. The van der Waals surface area contributed by atoms with E-state index in [0.29, 0.717) is 29.2 Å². The second-order valence-corrected chi connectivity index (χ2v) is 6.76. The normalized spacial score (nSPS) is 22.1. The molecule has 2 aromatic rings. The summed E-state index contributed by atoms with van der Waals surface area (Å²) in [6.45, 7) is 4.53. The van der Waals surface area contributed by atoms with Crippen molar-refractivity contribution >= 4 is 23.3 Å². The molecule has 124 valence electrons. The number of H-pyrrole nitrogens is 1.